The summed E-state index contributed by atoms with van der Waals surface area (Å²) in [7, 11) is -3.87. The third kappa shape index (κ3) is 4.64. The Bertz CT molecular complexity index is 1120. The summed E-state index contributed by atoms with van der Waals surface area (Å²) < 4.78 is 44.3. The molecule has 4 rings (SSSR count). The minimum atomic E-state index is -3.87. The van der Waals surface area contributed by atoms with Crippen molar-refractivity contribution in [3.05, 3.63) is 78.7 Å². The van der Waals surface area contributed by atoms with Crippen LogP contribution in [0.1, 0.15) is 5.69 Å². The van der Waals surface area contributed by atoms with E-state index in [-0.39, 0.29) is 16.7 Å². The first-order valence-corrected chi connectivity index (χ1v) is 10.2. The van der Waals surface area contributed by atoms with Crippen molar-refractivity contribution < 1.29 is 22.6 Å². The predicted molar refractivity (Wildman–Crippen MR) is 106 cm³/mol. The monoisotopic (exact) mass is 411 g/mol. The first kappa shape index (κ1) is 18.8. The van der Waals surface area contributed by atoms with Crippen molar-refractivity contribution in [1.29, 1.82) is 0 Å². The van der Waals surface area contributed by atoms with Crippen molar-refractivity contribution in [3.63, 3.8) is 0 Å². The van der Waals surface area contributed by atoms with Gasteiger partial charge in [-0.3, -0.25) is 0 Å². The molecule has 0 fully saturated rings. The molecule has 0 saturated carbocycles. The molecule has 0 radical (unpaired) electrons. The van der Waals surface area contributed by atoms with Gasteiger partial charge < -0.3 is 14.2 Å². The van der Waals surface area contributed by atoms with Crippen LogP contribution in [0.3, 0.4) is 0 Å². The van der Waals surface area contributed by atoms with Gasteiger partial charge in [-0.2, -0.15) is 4.98 Å². The van der Waals surface area contributed by atoms with Crippen molar-refractivity contribution >= 4 is 21.7 Å². The number of para-hydroxylation sites is 1. The van der Waals surface area contributed by atoms with Crippen LogP contribution in [0.15, 0.2) is 77.9 Å². The summed E-state index contributed by atoms with van der Waals surface area (Å²) in [5.41, 5.74) is 0.330. The third-order valence-corrected chi connectivity index (χ3v) is 5.19. The van der Waals surface area contributed by atoms with E-state index in [1.807, 2.05) is 18.2 Å². The van der Waals surface area contributed by atoms with Crippen LogP contribution in [0.5, 0.6) is 11.6 Å². The SMILES string of the molecule is O=S(=O)(Nc1nc(Oc2ccccc2)cc(C2=COCCO2)n1)c1ccccc1. The molecule has 1 aromatic heterocycles. The molecule has 1 aliphatic heterocycles. The summed E-state index contributed by atoms with van der Waals surface area (Å²) in [4.78, 5) is 8.54. The number of ether oxygens (including phenoxy) is 3. The highest BCUT2D eigenvalue weighted by Crippen LogP contribution is 2.26. The summed E-state index contributed by atoms with van der Waals surface area (Å²) in [6, 6.07) is 18.5. The average Bonchev–Trinajstić information content (AvgIpc) is 2.75. The van der Waals surface area contributed by atoms with E-state index in [0.717, 1.165) is 0 Å². The maximum atomic E-state index is 12.7. The van der Waals surface area contributed by atoms with Crippen LogP contribution in [0.2, 0.25) is 0 Å². The summed E-state index contributed by atoms with van der Waals surface area (Å²) >= 11 is 0. The normalized spacial score (nSPS) is 13.6. The molecule has 0 saturated heterocycles. The smallest absolute Gasteiger partial charge is 0.264 e. The Labute approximate surface area is 167 Å². The first-order valence-electron chi connectivity index (χ1n) is 8.75. The Kier molecular flexibility index (Phi) is 5.30. The Morgan fingerprint density at radius 2 is 1.66 bits per heavy atom. The molecule has 9 heteroatoms. The lowest BCUT2D eigenvalue weighted by Gasteiger charge is -2.16. The third-order valence-electron chi connectivity index (χ3n) is 3.85. The maximum Gasteiger partial charge on any atom is 0.264 e. The van der Waals surface area contributed by atoms with Gasteiger partial charge in [0, 0.05) is 6.07 Å². The van der Waals surface area contributed by atoms with Gasteiger partial charge in [-0.25, -0.2) is 18.1 Å². The number of hydrogen-bond donors (Lipinski definition) is 1. The second-order valence-corrected chi connectivity index (χ2v) is 7.63. The number of sulfonamides is 1. The van der Waals surface area contributed by atoms with Gasteiger partial charge >= 0.3 is 0 Å². The highest BCUT2D eigenvalue weighted by Gasteiger charge is 2.19. The molecular formula is C20H17N3O5S. The molecule has 0 aliphatic carbocycles. The summed E-state index contributed by atoms with van der Waals surface area (Å²) in [6.07, 6.45) is 1.42. The zero-order chi connectivity index (χ0) is 20.1. The van der Waals surface area contributed by atoms with Crippen LogP contribution in [0, 0.1) is 0 Å². The van der Waals surface area contributed by atoms with Gasteiger partial charge in [0.15, 0.2) is 5.76 Å². The van der Waals surface area contributed by atoms with E-state index in [1.54, 1.807) is 36.4 Å². The van der Waals surface area contributed by atoms with Crippen LogP contribution >= 0.6 is 0 Å². The van der Waals surface area contributed by atoms with Gasteiger partial charge in [0.2, 0.25) is 11.8 Å². The minimum Gasteiger partial charge on any atom is -0.494 e. The number of nitrogens with one attached hydrogen (secondary N) is 1. The fourth-order valence-corrected chi connectivity index (χ4v) is 3.50. The molecule has 0 spiro atoms. The molecule has 0 amide bonds. The maximum absolute atomic E-state index is 12.7. The molecule has 148 valence electrons. The van der Waals surface area contributed by atoms with E-state index < -0.39 is 10.0 Å². The molecule has 1 aliphatic rings. The number of aromatic nitrogens is 2. The molecule has 3 aromatic rings. The molecule has 2 heterocycles. The van der Waals surface area contributed by atoms with Crippen LogP contribution < -0.4 is 9.46 Å². The van der Waals surface area contributed by atoms with Crippen molar-refractivity contribution in [3.8, 4) is 11.6 Å². The number of nitrogens with zero attached hydrogens (tertiary/aromatic N) is 2. The Morgan fingerprint density at radius 1 is 0.931 bits per heavy atom. The van der Waals surface area contributed by atoms with Crippen molar-refractivity contribution in [1.82, 2.24) is 9.97 Å². The molecule has 0 unspecified atom stereocenters. The first-order chi connectivity index (χ1) is 14.1. The highest BCUT2D eigenvalue weighted by molar-refractivity contribution is 7.92. The minimum absolute atomic E-state index is 0.0935. The second-order valence-electron chi connectivity index (χ2n) is 5.95. The Hall–Kier alpha value is -3.59. The summed E-state index contributed by atoms with van der Waals surface area (Å²) in [5, 5.41) is 0. The lowest BCUT2D eigenvalue weighted by molar-refractivity contribution is 0.125. The second kappa shape index (κ2) is 8.19. The fourth-order valence-electron chi connectivity index (χ4n) is 2.54. The Balaban J connectivity index is 1.70. The van der Waals surface area contributed by atoms with Crippen LogP contribution in [-0.4, -0.2) is 31.6 Å². The van der Waals surface area contributed by atoms with Crippen molar-refractivity contribution in [2.45, 2.75) is 4.90 Å². The van der Waals surface area contributed by atoms with E-state index in [0.29, 0.717) is 30.4 Å². The number of hydrogen-bond acceptors (Lipinski definition) is 7. The van der Waals surface area contributed by atoms with Crippen LogP contribution in [-0.2, 0) is 19.5 Å². The Morgan fingerprint density at radius 3 is 2.34 bits per heavy atom. The van der Waals surface area contributed by atoms with Gasteiger partial charge in [0.25, 0.3) is 10.0 Å². The van der Waals surface area contributed by atoms with E-state index in [1.165, 1.54) is 18.4 Å². The zero-order valence-corrected chi connectivity index (χ0v) is 16.0. The predicted octanol–water partition coefficient (Wildman–Crippen LogP) is 3.41. The van der Waals surface area contributed by atoms with E-state index in [9.17, 15) is 8.42 Å². The van der Waals surface area contributed by atoms with E-state index in [2.05, 4.69) is 14.7 Å². The average molecular weight is 411 g/mol. The molecule has 0 bridgehead atoms. The molecule has 8 nitrogen and oxygen atoms in total. The number of rotatable bonds is 6. The molecule has 2 aromatic carbocycles. The highest BCUT2D eigenvalue weighted by atomic mass is 32.2. The van der Waals surface area contributed by atoms with Gasteiger partial charge in [-0.15, -0.1) is 0 Å². The number of anilines is 1. The van der Waals surface area contributed by atoms with Crippen LogP contribution in [0.4, 0.5) is 5.95 Å². The topological polar surface area (TPSA) is 99.6 Å². The van der Waals surface area contributed by atoms with Gasteiger partial charge in [0.05, 0.1) is 4.90 Å². The lowest BCUT2D eigenvalue weighted by Crippen LogP contribution is -2.16. The van der Waals surface area contributed by atoms with Crippen molar-refractivity contribution in [2.24, 2.45) is 0 Å². The summed E-state index contributed by atoms with van der Waals surface area (Å²) in [5.74, 6) is 0.912. The van der Waals surface area contributed by atoms with Crippen LogP contribution in [0.25, 0.3) is 5.76 Å². The largest absolute Gasteiger partial charge is 0.494 e. The standard InChI is InChI=1S/C20H17N3O5S/c24-29(25,16-9-5-2-6-10-16)23-20-21-17(18-14-26-11-12-27-18)13-19(22-20)28-15-7-3-1-4-8-15/h1-10,13-14H,11-12H2,(H,21,22,23). The van der Waals surface area contributed by atoms with E-state index in [4.69, 9.17) is 14.2 Å². The van der Waals surface area contributed by atoms with Gasteiger partial charge in [-0.05, 0) is 24.3 Å². The molecule has 0 atom stereocenters. The summed E-state index contributed by atoms with van der Waals surface area (Å²) in [6.45, 7) is 0.783. The van der Waals surface area contributed by atoms with E-state index >= 15 is 0 Å². The van der Waals surface area contributed by atoms with Crippen molar-refractivity contribution in [2.75, 3.05) is 17.9 Å². The molecule has 29 heavy (non-hydrogen) atoms. The zero-order valence-electron chi connectivity index (χ0n) is 15.2. The lowest BCUT2D eigenvalue weighted by atomic mass is 10.3. The molecular weight excluding hydrogens is 394 g/mol. The van der Waals surface area contributed by atoms with Gasteiger partial charge in [-0.1, -0.05) is 36.4 Å². The number of benzene rings is 2. The van der Waals surface area contributed by atoms with Gasteiger partial charge in [0.1, 0.15) is 30.9 Å². The quantitative estimate of drug-likeness (QED) is 0.663. The fraction of sp³-hybridized carbons (Fsp3) is 0.100. The molecule has 1 N–H and O–H groups in total.